The summed E-state index contributed by atoms with van der Waals surface area (Å²) in [6.45, 7) is 11.1. The SMILES string of the molecule is C=CCC(CC=C)(CC=C)OC. The van der Waals surface area contributed by atoms with Gasteiger partial charge in [0.25, 0.3) is 0 Å². The number of hydrogen-bond acceptors (Lipinski definition) is 1. The minimum absolute atomic E-state index is 0.161. The normalized spacial score (nSPS) is 10.8. The van der Waals surface area contributed by atoms with Crippen molar-refractivity contribution in [3.8, 4) is 0 Å². The van der Waals surface area contributed by atoms with E-state index in [2.05, 4.69) is 19.7 Å². The number of rotatable bonds is 7. The Hall–Kier alpha value is -0.820. The van der Waals surface area contributed by atoms with Crippen LogP contribution in [0.3, 0.4) is 0 Å². The maximum absolute atomic E-state index is 5.45. The third-order valence-corrected chi connectivity index (χ3v) is 1.98. The van der Waals surface area contributed by atoms with Crippen molar-refractivity contribution in [2.24, 2.45) is 0 Å². The molecule has 1 nitrogen and oxygen atoms in total. The maximum atomic E-state index is 5.45. The molecule has 68 valence electrons. The van der Waals surface area contributed by atoms with E-state index in [1.54, 1.807) is 7.11 Å². The highest BCUT2D eigenvalue weighted by molar-refractivity contribution is 4.97. The molecule has 0 aliphatic heterocycles. The van der Waals surface area contributed by atoms with Crippen LogP contribution in [0.4, 0.5) is 0 Å². The van der Waals surface area contributed by atoms with Crippen LogP contribution >= 0.6 is 0 Å². The summed E-state index contributed by atoms with van der Waals surface area (Å²) in [7, 11) is 1.72. The molecular weight excluding hydrogens is 148 g/mol. The Bertz CT molecular complexity index is 132. The Morgan fingerprint density at radius 1 is 1.00 bits per heavy atom. The fourth-order valence-corrected chi connectivity index (χ4v) is 1.29. The molecule has 0 N–H and O–H groups in total. The molecule has 0 amide bonds. The van der Waals surface area contributed by atoms with Gasteiger partial charge in [0.15, 0.2) is 0 Å². The molecule has 0 saturated carbocycles. The van der Waals surface area contributed by atoms with E-state index in [0.717, 1.165) is 19.3 Å². The van der Waals surface area contributed by atoms with Crippen LogP contribution in [-0.2, 0) is 4.74 Å². The van der Waals surface area contributed by atoms with E-state index in [4.69, 9.17) is 4.74 Å². The van der Waals surface area contributed by atoms with Gasteiger partial charge in [-0.25, -0.2) is 0 Å². The van der Waals surface area contributed by atoms with Crippen LogP contribution in [0.25, 0.3) is 0 Å². The van der Waals surface area contributed by atoms with E-state index in [1.807, 2.05) is 18.2 Å². The van der Waals surface area contributed by atoms with Gasteiger partial charge in [-0.3, -0.25) is 0 Å². The second kappa shape index (κ2) is 5.78. The summed E-state index contributed by atoms with van der Waals surface area (Å²) >= 11 is 0. The molecule has 0 aromatic carbocycles. The summed E-state index contributed by atoms with van der Waals surface area (Å²) in [5, 5.41) is 0. The zero-order chi connectivity index (χ0) is 9.45. The lowest BCUT2D eigenvalue weighted by Crippen LogP contribution is -2.29. The van der Waals surface area contributed by atoms with Crippen LogP contribution in [0, 0.1) is 0 Å². The molecule has 0 aromatic heterocycles. The highest BCUT2D eigenvalue weighted by Crippen LogP contribution is 2.25. The first-order valence-electron chi connectivity index (χ1n) is 4.12. The van der Waals surface area contributed by atoms with E-state index in [1.165, 1.54) is 0 Å². The fraction of sp³-hybridized carbons (Fsp3) is 0.455. The third kappa shape index (κ3) is 3.05. The lowest BCUT2D eigenvalue weighted by Gasteiger charge is -2.29. The van der Waals surface area contributed by atoms with Gasteiger partial charge in [0.05, 0.1) is 5.60 Å². The van der Waals surface area contributed by atoms with Crippen molar-refractivity contribution in [1.29, 1.82) is 0 Å². The molecule has 0 aromatic rings. The average Bonchev–Trinajstić information content (AvgIpc) is 2.06. The number of ether oxygens (including phenoxy) is 1. The quantitative estimate of drug-likeness (QED) is 0.528. The molecule has 0 radical (unpaired) electrons. The van der Waals surface area contributed by atoms with Gasteiger partial charge in [0.1, 0.15) is 0 Å². The topological polar surface area (TPSA) is 9.23 Å². The zero-order valence-electron chi connectivity index (χ0n) is 7.88. The molecule has 12 heavy (non-hydrogen) atoms. The van der Waals surface area contributed by atoms with Crippen LogP contribution in [0.1, 0.15) is 19.3 Å². The van der Waals surface area contributed by atoms with E-state index in [0.29, 0.717) is 0 Å². The highest BCUT2D eigenvalue weighted by Gasteiger charge is 2.24. The van der Waals surface area contributed by atoms with Gasteiger partial charge >= 0.3 is 0 Å². The van der Waals surface area contributed by atoms with Gasteiger partial charge < -0.3 is 4.74 Å². The Morgan fingerprint density at radius 3 is 1.50 bits per heavy atom. The number of methoxy groups -OCH3 is 1. The first kappa shape index (κ1) is 11.2. The van der Waals surface area contributed by atoms with Crippen molar-refractivity contribution in [3.63, 3.8) is 0 Å². The minimum Gasteiger partial charge on any atom is -0.377 e. The Kier molecular flexibility index (Phi) is 5.39. The Labute approximate surface area is 75.4 Å². The summed E-state index contributed by atoms with van der Waals surface area (Å²) in [6.07, 6.45) is 8.12. The van der Waals surface area contributed by atoms with Crippen molar-refractivity contribution in [2.75, 3.05) is 7.11 Å². The highest BCUT2D eigenvalue weighted by atomic mass is 16.5. The summed E-state index contributed by atoms with van der Waals surface area (Å²) < 4.78 is 5.45. The molecule has 0 rings (SSSR count). The monoisotopic (exact) mass is 166 g/mol. The summed E-state index contributed by atoms with van der Waals surface area (Å²) in [5.74, 6) is 0. The van der Waals surface area contributed by atoms with Crippen LogP contribution in [0.15, 0.2) is 38.0 Å². The second-order valence-electron chi connectivity index (χ2n) is 2.87. The van der Waals surface area contributed by atoms with Crippen LogP contribution in [-0.4, -0.2) is 12.7 Å². The van der Waals surface area contributed by atoms with Crippen molar-refractivity contribution in [1.82, 2.24) is 0 Å². The molecule has 0 aliphatic carbocycles. The summed E-state index contributed by atoms with van der Waals surface area (Å²) in [4.78, 5) is 0. The first-order valence-corrected chi connectivity index (χ1v) is 4.12. The van der Waals surface area contributed by atoms with Crippen LogP contribution in [0.5, 0.6) is 0 Å². The molecule has 0 unspecified atom stereocenters. The van der Waals surface area contributed by atoms with Crippen molar-refractivity contribution < 1.29 is 4.74 Å². The molecule has 0 fully saturated rings. The van der Waals surface area contributed by atoms with E-state index < -0.39 is 0 Å². The van der Waals surface area contributed by atoms with Crippen molar-refractivity contribution >= 4 is 0 Å². The first-order chi connectivity index (χ1) is 5.74. The summed E-state index contributed by atoms with van der Waals surface area (Å²) in [6, 6.07) is 0. The summed E-state index contributed by atoms with van der Waals surface area (Å²) in [5.41, 5.74) is -0.161. The van der Waals surface area contributed by atoms with Gasteiger partial charge in [-0.2, -0.15) is 0 Å². The predicted octanol–water partition coefficient (Wildman–Crippen LogP) is 3.10. The second-order valence-corrected chi connectivity index (χ2v) is 2.87. The van der Waals surface area contributed by atoms with Gasteiger partial charge in [0.2, 0.25) is 0 Å². The maximum Gasteiger partial charge on any atom is 0.0781 e. The molecule has 0 bridgehead atoms. The largest absolute Gasteiger partial charge is 0.377 e. The van der Waals surface area contributed by atoms with Gasteiger partial charge in [0, 0.05) is 7.11 Å². The fourth-order valence-electron chi connectivity index (χ4n) is 1.29. The lowest BCUT2D eigenvalue weighted by molar-refractivity contribution is -0.00260. The Morgan fingerprint density at radius 2 is 1.33 bits per heavy atom. The van der Waals surface area contributed by atoms with E-state index in [9.17, 15) is 0 Å². The van der Waals surface area contributed by atoms with Crippen molar-refractivity contribution in [2.45, 2.75) is 24.9 Å². The van der Waals surface area contributed by atoms with E-state index >= 15 is 0 Å². The standard InChI is InChI=1S/C11H18O/c1-5-8-11(12-4,9-6-2)10-7-3/h5-7H,1-3,8-10H2,4H3. The molecule has 1 heteroatoms. The minimum atomic E-state index is -0.161. The lowest BCUT2D eigenvalue weighted by atomic mass is 9.91. The average molecular weight is 166 g/mol. The number of hydrogen-bond donors (Lipinski definition) is 0. The van der Waals surface area contributed by atoms with Gasteiger partial charge in [-0.1, -0.05) is 18.2 Å². The predicted molar refractivity (Wildman–Crippen MR) is 54.2 cm³/mol. The zero-order valence-corrected chi connectivity index (χ0v) is 7.88. The molecule has 0 aliphatic rings. The van der Waals surface area contributed by atoms with Crippen LogP contribution in [0.2, 0.25) is 0 Å². The van der Waals surface area contributed by atoms with Crippen molar-refractivity contribution in [3.05, 3.63) is 38.0 Å². The van der Waals surface area contributed by atoms with Crippen LogP contribution < -0.4 is 0 Å². The molecule has 0 heterocycles. The third-order valence-electron chi connectivity index (χ3n) is 1.98. The molecule has 0 atom stereocenters. The smallest absolute Gasteiger partial charge is 0.0781 e. The molecule has 0 spiro atoms. The molecular formula is C11H18O. The van der Waals surface area contributed by atoms with Gasteiger partial charge in [-0.05, 0) is 19.3 Å². The van der Waals surface area contributed by atoms with Gasteiger partial charge in [-0.15, -0.1) is 19.7 Å². The molecule has 0 saturated heterocycles. The van der Waals surface area contributed by atoms with E-state index in [-0.39, 0.29) is 5.60 Å². The Balaban J connectivity index is 4.35.